The Balaban J connectivity index is 0.00000264. The lowest BCUT2D eigenvalue weighted by molar-refractivity contribution is 0.0936. The maximum absolute atomic E-state index is 12.2. The monoisotopic (exact) mass is 336 g/mol. The zero-order chi connectivity index (χ0) is 15.9. The van der Waals surface area contributed by atoms with Gasteiger partial charge in [-0.1, -0.05) is 19.8 Å². The number of hydrogen-bond donors (Lipinski definition) is 2. The van der Waals surface area contributed by atoms with Crippen LogP contribution in [0, 0.1) is 6.92 Å². The molecule has 5 nitrogen and oxygen atoms in total. The molecule has 0 spiro atoms. The molecular formula is C17H25ClN4O. The molecule has 6 heteroatoms. The fourth-order valence-corrected chi connectivity index (χ4v) is 2.29. The molecule has 1 atom stereocenters. The summed E-state index contributed by atoms with van der Waals surface area (Å²) in [5.74, 6) is -0.0743. The van der Waals surface area contributed by atoms with Gasteiger partial charge in [-0.25, -0.2) is 4.68 Å². The second-order valence-electron chi connectivity index (χ2n) is 5.56. The van der Waals surface area contributed by atoms with Crippen molar-refractivity contribution < 1.29 is 4.79 Å². The first-order valence-electron chi connectivity index (χ1n) is 7.76. The Hall–Kier alpha value is -1.85. The number of carbonyl (C=O) groups excluding carboxylic acids is 1. The van der Waals surface area contributed by atoms with Gasteiger partial charge in [0.15, 0.2) is 0 Å². The molecular weight excluding hydrogens is 312 g/mol. The number of aromatic nitrogens is 2. The second-order valence-corrected chi connectivity index (χ2v) is 5.56. The van der Waals surface area contributed by atoms with Crippen molar-refractivity contribution in [1.29, 1.82) is 0 Å². The number of benzene rings is 1. The van der Waals surface area contributed by atoms with Gasteiger partial charge in [-0.2, -0.15) is 5.10 Å². The maximum atomic E-state index is 12.2. The van der Waals surface area contributed by atoms with E-state index in [9.17, 15) is 4.79 Å². The average molecular weight is 337 g/mol. The SMILES string of the molecule is CCCCC(CN)NC(=O)c1ccc(-n2cc(C)cn2)cc1.Cl. The summed E-state index contributed by atoms with van der Waals surface area (Å²) < 4.78 is 1.79. The number of rotatable bonds is 7. The second kappa shape index (κ2) is 9.33. The van der Waals surface area contributed by atoms with E-state index in [0.717, 1.165) is 30.5 Å². The third-order valence-corrected chi connectivity index (χ3v) is 3.63. The molecule has 1 unspecified atom stereocenters. The van der Waals surface area contributed by atoms with Crippen LogP contribution in [0.1, 0.15) is 42.1 Å². The Morgan fingerprint density at radius 2 is 2.04 bits per heavy atom. The van der Waals surface area contributed by atoms with E-state index in [0.29, 0.717) is 12.1 Å². The molecule has 1 aromatic carbocycles. The van der Waals surface area contributed by atoms with Crippen molar-refractivity contribution in [2.45, 2.75) is 39.2 Å². The number of nitrogens with two attached hydrogens (primary N) is 1. The minimum absolute atomic E-state index is 0. The van der Waals surface area contributed by atoms with E-state index in [1.54, 1.807) is 10.9 Å². The molecule has 1 aromatic heterocycles. The van der Waals surface area contributed by atoms with Crippen molar-refractivity contribution >= 4 is 18.3 Å². The molecule has 0 aliphatic rings. The summed E-state index contributed by atoms with van der Waals surface area (Å²) in [5.41, 5.74) is 8.39. The standard InChI is InChI=1S/C17H24N4O.ClH/c1-3-4-5-15(10-18)20-17(22)14-6-8-16(9-7-14)21-12-13(2)11-19-21;/h6-9,11-12,15H,3-5,10,18H2,1-2H3,(H,20,22);1H. The summed E-state index contributed by atoms with van der Waals surface area (Å²) in [6.45, 7) is 4.59. The van der Waals surface area contributed by atoms with Crippen molar-refractivity contribution in [1.82, 2.24) is 15.1 Å². The zero-order valence-corrected chi connectivity index (χ0v) is 14.5. The molecule has 1 amide bonds. The first-order chi connectivity index (χ1) is 10.6. The first-order valence-corrected chi connectivity index (χ1v) is 7.76. The third kappa shape index (κ3) is 5.37. The molecule has 0 radical (unpaired) electrons. The van der Waals surface area contributed by atoms with Crippen LogP contribution in [0.4, 0.5) is 0 Å². The van der Waals surface area contributed by atoms with Crippen LogP contribution in [0.5, 0.6) is 0 Å². The molecule has 3 N–H and O–H groups in total. The van der Waals surface area contributed by atoms with Crippen molar-refractivity contribution in [2.75, 3.05) is 6.54 Å². The molecule has 0 fully saturated rings. The van der Waals surface area contributed by atoms with Gasteiger partial charge < -0.3 is 11.1 Å². The Bertz CT molecular complexity index is 609. The molecule has 0 saturated carbocycles. The van der Waals surface area contributed by atoms with Gasteiger partial charge in [-0.3, -0.25) is 4.79 Å². The number of halogens is 1. The van der Waals surface area contributed by atoms with Crippen molar-refractivity contribution in [3.05, 3.63) is 47.8 Å². The summed E-state index contributed by atoms with van der Waals surface area (Å²) in [6, 6.07) is 7.46. The summed E-state index contributed by atoms with van der Waals surface area (Å²) >= 11 is 0. The fourth-order valence-electron chi connectivity index (χ4n) is 2.29. The van der Waals surface area contributed by atoms with Crippen molar-refractivity contribution in [3.63, 3.8) is 0 Å². The number of amides is 1. The molecule has 23 heavy (non-hydrogen) atoms. The van der Waals surface area contributed by atoms with Crippen LogP contribution >= 0.6 is 12.4 Å². The molecule has 0 aliphatic carbocycles. The molecule has 0 aliphatic heterocycles. The highest BCUT2D eigenvalue weighted by Gasteiger charge is 2.12. The number of carbonyl (C=O) groups is 1. The van der Waals surface area contributed by atoms with Gasteiger partial charge in [-0.05, 0) is 43.2 Å². The van der Waals surface area contributed by atoms with E-state index in [4.69, 9.17) is 5.73 Å². The number of unbranched alkanes of at least 4 members (excludes halogenated alkanes) is 1. The lowest BCUT2D eigenvalue weighted by Crippen LogP contribution is -2.40. The summed E-state index contributed by atoms with van der Waals surface area (Å²) in [4.78, 5) is 12.2. The molecule has 0 bridgehead atoms. The molecule has 2 aromatic rings. The van der Waals surface area contributed by atoms with Crippen molar-refractivity contribution in [2.24, 2.45) is 5.73 Å². The van der Waals surface area contributed by atoms with Gasteiger partial charge in [0.25, 0.3) is 5.91 Å². The van der Waals surface area contributed by atoms with E-state index in [-0.39, 0.29) is 24.4 Å². The topological polar surface area (TPSA) is 72.9 Å². The van der Waals surface area contributed by atoms with Crippen molar-refractivity contribution in [3.8, 4) is 5.69 Å². The smallest absolute Gasteiger partial charge is 0.251 e. The van der Waals surface area contributed by atoms with Gasteiger partial charge in [0, 0.05) is 24.3 Å². The Kier molecular flexibility index (Phi) is 7.78. The van der Waals surface area contributed by atoms with Gasteiger partial charge in [0.05, 0.1) is 11.9 Å². The Labute approximate surface area is 143 Å². The Morgan fingerprint density at radius 1 is 1.35 bits per heavy atom. The van der Waals surface area contributed by atoms with Crippen LogP contribution in [0.3, 0.4) is 0 Å². The molecule has 2 rings (SSSR count). The van der Waals surface area contributed by atoms with Crippen LogP contribution < -0.4 is 11.1 Å². The zero-order valence-electron chi connectivity index (χ0n) is 13.7. The number of nitrogens with zero attached hydrogens (tertiary/aromatic N) is 2. The normalized spacial score (nSPS) is 11.6. The largest absolute Gasteiger partial charge is 0.348 e. The summed E-state index contributed by atoms with van der Waals surface area (Å²) in [7, 11) is 0. The van der Waals surface area contributed by atoms with Gasteiger partial charge in [-0.15, -0.1) is 12.4 Å². The predicted octanol–water partition coefficient (Wildman–Crippen LogP) is 2.85. The summed E-state index contributed by atoms with van der Waals surface area (Å²) in [6.07, 6.45) is 6.85. The third-order valence-electron chi connectivity index (χ3n) is 3.63. The van der Waals surface area contributed by atoms with Gasteiger partial charge in [0.1, 0.15) is 0 Å². The van der Waals surface area contributed by atoms with Crippen LogP contribution in [-0.4, -0.2) is 28.3 Å². The van der Waals surface area contributed by atoms with Crippen LogP contribution in [0.15, 0.2) is 36.7 Å². The maximum Gasteiger partial charge on any atom is 0.251 e. The Morgan fingerprint density at radius 3 is 2.57 bits per heavy atom. The average Bonchev–Trinajstić information content (AvgIpc) is 2.98. The van der Waals surface area contributed by atoms with E-state index < -0.39 is 0 Å². The number of hydrogen-bond acceptors (Lipinski definition) is 3. The lowest BCUT2D eigenvalue weighted by Gasteiger charge is -2.16. The number of aryl methyl sites for hydroxylation is 1. The van der Waals surface area contributed by atoms with Gasteiger partial charge in [0.2, 0.25) is 0 Å². The highest BCUT2D eigenvalue weighted by atomic mass is 35.5. The molecule has 0 saturated heterocycles. The van der Waals surface area contributed by atoms with E-state index in [1.807, 2.05) is 37.4 Å². The summed E-state index contributed by atoms with van der Waals surface area (Å²) in [5, 5.41) is 7.25. The minimum Gasteiger partial charge on any atom is -0.348 e. The quantitative estimate of drug-likeness (QED) is 0.816. The lowest BCUT2D eigenvalue weighted by atomic mass is 10.1. The molecule has 126 valence electrons. The number of nitrogens with one attached hydrogen (secondary N) is 1. The molecule has 1 heterocycles. The predicted molar refractivity (Wildman–Crippen MR) is 95.4 cm³/mol. The van der Waals surface area contributed by atoms with Crippen LogP contribution in [0.2, 0.25) is 0 Å². The van der Waals surface area contributed by atoms with Gasteiger partial charge >= 0.3 is 0 Å². The highest BCUT2D eigenvalue weighted by Crippen LogP contribution is 2.10. The fraction of sp³-hybridized carbons (Fsp3) is 0.412. The van der Waals surface area contributed by atoms with E-state index in [1.165, 1.54) is 0 Å². The first kappa shape index (κ1) is 19.2. The van der Waals surface area contributed by atoms with Crippen LogP contribution in [0.25, 0.3) is 5.69 Å². The van der Waals surface area contributed by atoms with Crippen LogP contribution in [-0.2, 0) is 0 Å². The highest BCUT2D eigenvalue weighted by molar-refractivity contribution is 5.94. The minimum atomic E-state index is -0.0743. The van der Waals surface area contributed by atoms with E-state index >= 15 is 0 Å². The van der Waals surface area contributed by atoms with E-state index in [2.05, 4.69) is 17.3 Å².